The van der Waals surface area contributed by atoms with Crippen molar-refractivity contribution in [3.63, 3.8) is 0 Å². The van der Waals surface area contributed by atoms with E-state index >= 15 is 0 Å². The quantitative estimate of drug-likeness (QED) is 0.244. The van der Waals surface area contributed by atoms with Crippen LogP contribution in [0.4, 0.5) is 0 Å². The molecule has 0 bridgehead atoms. The molecule has 0 aromatic carbocycles. The fourth-order valence-electron chi connectivity index (χ4n) is 1.24. The molecule has 100 valence electrons. The van der Waals surface area contributed by atoms with Gasteiger partial charge in [-0.15, -0.1) is 0 Å². The van der Waals surface area contributed by atoms with Crippen LogP contribution in [0.5, 0.6) is 0 Å². The van der Waals surface area contributed by atoms with Gasteiger partial charge in [-0.05, 0) is 26.3 Å². The molecule has 0 fully saturated rings. The van der Waals surface area contributed by atoms with Crippen LogP contribution in [0.3, 0.4) is 0 Å². The maximum absolute atomic E-state index is 11.3. The van der Waals surface area contributed by atoms with Gasteiger partial charge in [-0.25, -0.2) is 0 Å². The molecule has 7 nitrogen and oxygen atoms in total. The molecular weight excluding hydrogens is 222 g/mol. The smallest absolute Gasteiger partial charge is 0.239 e. The van der Waals surface area contributed by atoms with Gasteiger partial charge in [0.25, 0.3) is 0 Å². The highest BCUT2D eigenvalue weighted by Gasteiger charge is 2.11. The lowest BCUT2D eigenvalue weighted by molar-refractivity contribution is -0.127. The zero-order valence-corrected chi connectivity index (χ0v) is 10.2. The van der Waals surface area contributed by atoms with Gasteiger partial charge in [-0.2, -0.15) is 0 Å². The van der Waals surface area contributed by atoms with Gasteiger partial charge in [0.2, 0.25) is 11.8 Å². The first-order chi connectivity index (χ1) is 7.93. The molecule has 0 spiro atoms. The minimum atomic E-state index is -0.612. The predicted molar refractivity (Wildman–Crippen MR) is 65.4 cm³/mol. The fourth-order valence-corrected chi connectivity index (χ4v) is 1.24. The SMILES string of the molecule is CC(NC(=O)CCCCCNC(N)N)C(N)=O. The van der Waals surface area contributed by atoms with E-state index in [-0.39, 0.29) is 5.91 Å². The molecule has 0 radical (unpaired) electrons. The number of rotatable bonds is 9. The van der Waals surface area contributed by atoms with Crippen LogP contribution >= 0.6 is 0 Å². The first-order valence-electron chi connectivity index (χ1n) is 5.76. The summed E-state index contributed by atoms with van der Waals surface area (Å²) in [5.74, 6) is -0.681. The molecule has 0 saturated heterocycles. The van der Waals surface area contributed by atoms with E-state index in [0.717, 1.165) is 25.8 Å². The van der Waals surface area contributed by atoms with Crippen molar-refractivity contribution in [1.82, 2.24) is 10.6 Å². The van der Waals surface area contributed by atoms with E-state index in [1.54, 1.807) is 6.92 Å². The molecule has 0 aromatic heterocycles. The summed E-state index contributed by atoms with van der Waals surface area (Å²) in [6.45, 7) is 2.30. The second kappa shape index (κ2) is 8.91. The molecule has 0 heterocycles. The molecule has 1 unspecified atom stereocenters. The first-order valence-corrected chi connectivity index (χ1v) is 5.76. The van der Waals surface area contributed by atoms with Crippen molar-refractivity contribution in [1.29, 1.82) is 0 Å². The Morgan fingerprint density at radius 1 is 1.18 bits per heavy atom. The zero-order valence-electron chi connectivity index (χ0n) is 10.2. The molecule has 7 heteroatoms. The van der Waals surface area contributed by atoms with Gasteiger partial charge in [-0.1, -0.05) is 6.42 Å². The average molecular weight is 245 g/mol. The minimum absolute atomic E-state index is 0.153. The second-order valence-corrected chi connectivity index (χ2v) is 3.98. The van der Waals surface area contributed by atoms with E-state index < -0.39 is 18.2 Å². The van der Waals surface area contributed by atoms with Crippen LogP contribution in [0.25, 0.3) is 0 Å². The molecule has 0 saturated carbocycles. The van der Waals surface area contributed by atoms with Crippen molar-refractivity contribution in [2.75, 3.05) is 6.54 Å². The Morgan fingerprint density at radius 2 is 1.82 bits per heavy atom. The Hall–Kier alpha value is -1.18. The van der Waals surface area contributed by atoms with E-state index in [1.807, 2.05) is 0 Å². The van der Waals surface area contributed by atoms with Crippen LogP contribution in [0, 0.1) is 0 Å². The van der Waals surface area contributed by atoms with Gasteiger partial charge in [0.05, 0.1) is 0 Å². The van der Waals surface area contributed by atoms with Gasteiger partial charge < -0.3 is 22.5 Å². The van der Waals surface area contributed by atoms with Gasteiger partial charge >= 0.3 is 0 Å². The Balaban J connectivity index is 3.43. The Morgan fingerprint density at radius 3 is 2.35 bits per heavy atom. The molecule has 0 aliphatic carbocycles. The lowest BCUT2D eigenvalue weighted by Gasteiger charge is -2.10. The number of nitrogens with two attached hydrogens (primary N) is 3. The number of nitrogens with one attached hydrogen (secondary N) is 2. The Labute approximate surface area is 101 Å². The monoisotopic (exact) mass is 245 g/mol. The number of primary amides is 1. The number of amides is 2. The van der Waals surface area contributed by atoms with E-state index in [9.17, 15) is 9.59 Å². The fraction of sp³-hybridized carbons (Fsp3) is 0.800. The third-order valence-electron chi connectivity index (χ3n) is 2.26. The summed E-state index contributed by atoms with van der Waals surface area (Å²) < 4.78 is 0. The Bertz CT molecular complexity index is 245. The minimum Gasteiger partial charge on any atom is -0.368 e. The normalized spacial score (nSPS) is 12.5. The van der Waals surface area contributed by atoms with Crippen LogP contribution in [-0.2, 0) is 9.59 Å². The molecule has 1 atom stereocenters. The van der Waals surface area contributed by atoms with Crippen LogP contribution in [0.2, 0.25) is 0 Å². The van der Waals surface area contributed by atoms with E-state index in [1.165, 1.54) is 0 Å². The number of unbranched alkanes of at least 4 members (excludes halogenated alkanes) is 2. The number of hydrogen-bond acceptors (Lipinski definition) is 5. The van der Waals surface area contributed by atoms with Gasteiger partial charge in [-0.3, -0.25) is 14.9 Å². The summed E-state index contributed by atoms with van der Waals surface area (Å²) in [5, 5.41) is 5.39. The van der Waals surface area contributed by atoms with Crippen LogP contribution < -0.4 is 27.8 Å². The largest absolute Gasteiger partial charge is 0.368 e. The van der Waals surface area contributed by atoms with Gasteiger partial charge in [0, 0.05) is 6.42 Å². The summed E-state index contributed by atoms with van der Waals surface area (Å²) in [5.41, 5.74) is 15.6. The summed E-state index contributed by atoms with van der Waals surface area (Å²) >= 11 is 0. The maximum Gasteiger partial charge on any atom is 0.239 e. The summed E-state index contributed by atoms with van der Waals surface area (Å²) in [6, 6.07) is -0.612. The lowest BCUT2D eigenvalue weighted by atomic mass is 10.2. The van der Waals surface area contributed by atoms with E-state index in [2.05, 4.69) is 10.6 Å². The molecular formula is C10H23N5O2. The molecule has 17 heavy (non-hydrogen) atoms. The number of carbonyl (C=O) groups excluding carboxylic acids is 2. The highest BCUT2D eigenvalue weighted by Crippen LogP contribution is 1.99. The molecule has 0 aliphatic rings. The van der Waals surface area contributed by atoms with Crippen molar-refractivity contribution < 1.29 is 9.59 Å². The van der Waals surface area contributed by atoms with Crippen molar-refractivity contribution in [2.24, 2.45) is 17.2 Å². The third kappa shape index (κ3) is 9.73. The average Bonchev–Trinajstić information content (AvgIpc) is 2.22. The summed E-state index contributed by atoms with van der Waals surface area (Å²) in [6.07, 6.45) is 2.47. The molecule has 0 aliphatic heterocycles. The van der Waals surface area contributed by atoms with Crippen molar-refractivity contribution in [3.05, 3.63) is 0 Å². The summed E-state index contributed by atoms with van der Waals surface area (Å²) in [4.78, 5) is 22.0. The first kappa shape index (κ1) is 15.8. The Kier molecular flexibility index (Phi) is 8.29. The van der Waals surface area contributed by atoms with Crippen molar-refractivity contribution in [3.8, 4) is 0 Å². The third-order valence-corrected chi connectivity index (χ3v) is 2.26. The molecule has 0 aromatic rings. The highest BCUT2D eigenvalue weighted by atomic mass is 16.2. The van der Waals surface area contributed by atoms with Crippen LogP contribution in [-0.4, -0.2) is 30.7 Å². The van der Waals surface area contributed by atoms with E-state index in [0.29, 0.717) is 6.42 Å². The van der Waals surface area contributed by atoms with Gasteiger partial charge in [0.15, 0.2) is 0 Å². The molecule has 8 N–H and O–H groups in total. The van der Waals surface area contributed by atoms with Crippen molar-refractivity contribution in [2.45, 2.75) is 44.9 Å². The van der Waals surface area contributed by atoms with Crippen LogP contribution in [0.15, 0.2) is 0 Å². The lowest BCUT2D eigenvalue weighted by Crippen LogP contribution is -2.45. The molecule has 2 amide bonds. The van der Waals surface area contributed by atoms with Crippen LogP contribution in [0.1, 0.15) is 32.6 Å². The van der Waals surface area contributed by atoms with Gasteiger partial charge in [0.1, 0.15) is 12.3 Å². The maximum atomic E-state index is 11.3. The zero-order chi connectivity index (χ0) is 13.3. The highest BCUT2D eigenvalue weighted by molar-refractivity contribution is 5.86. The summed E-state index contributed by atoms with van der Waals surface area (Å²) in [7, 11) is 0. The van der Waals surface area contributed by atoms with E-state index in [4.69, 9.17) is 17.2 Å². The number of hydrogen-bond donors (Lipinski definition) is 5. The standard InChI is InChI=1S/C10H23N5O2/c1-7(9(11)17)15-8(16)5-3-2-4-6-14-10(12)13/h7,10,14H,2-6,12-13H2,1H3,(H2,11,17)(H,15,16). The predicted octanol–water partition coefficient (Wildman–Crippen LogP) is -1.67. The number of carbonyl (C=O) groups is 2. The second-order valence-electron chi connectivity index (χ2n) is 3.98. The topological polar surface area (TPSA) is 136 Å². The van der Waals surface area contributed by atoms with Crippen molar-refractivity contribution >= 4 is 11.8 Å². The molecule has 0 rings (SSSR count).